The molecular formula is C4H7F6N2P. The first-order valence-corrected chi connectivity index (χ1v) is 4.26. The molecule has 0 amide bonds. The summed E-state index contributed by atoms with van der Waals surface area (Å²) in [4.78, 5) is 0. The van der Waals surface area contributed by atoms with Gasteiger partial charge in [0.25, 0.3) is 0 Å². The normalized spacial score (nSPS) is 14.3. The second-order valence-electron chi connectivity index (χ2n) is 2.27. The summed E-state index contributed by atoms with van der Waals surface area (Å²) in [5.74, 6) is -10.6. The van der Waals surface area contributed by atoms with E-state index in [0.717, 1.165) is 14.1 Å². The van der Waals surface area contributed by atoms with Crippen molar-refractivity contribution in [3.05, 3.63) is 0 Å². The molecule has 0 aliphatic carbocycles. The molecule has 0 spiro atoms. The molecule has 0 unspecified atom stereocenters. The lowest BCUT2D eigenvalue weighted by atomic mass is 11.2. The molecule has 0 saturated heterocycles. The summed E-state index contributed by atoms with van der Waals surface area (Å²) in [6.45, 7) is 0. The van der Waals surface area contributed by atoms with E-state index in [-0.39, 0.29) is 0 Å². The van der Waals surface area contributed by atoms with Crippen LogP contribution in [0.4, 0.5) is 26.3 Å². The highest BCUT2D eigenvalue weighted by molar-refractivity contribution is 7.57. The maximum absolute atomic E-state index is 11.8. The Morgan fingerprint density at radius 1 is 0.923 bits per heavy atom. The van der Waals surface area contributed by atoms with Gasteiger partial charge in [-0.2, -0.15) is 26.3 Å². The van der Waals surface area contributed by atoms with Crippen molar-refractivity contribution in [2.24, 2.45) is 0 Å². The highest BCUT2D eigenvalue weighted by atomic mass is 31.1. The second kappa shape index (κ2) is 3.98. The Morgan fingerprint density at radius 3 is 1.31 bits per heavy atom. The van der Waals surface area contributed by atoms with Crippen LogP contribution in [0.3, 0.4) is 0 Å². The number of hydrogen-bond donors (Lipinski definition) is 1. The van der Waals surface area contributed by atoms with E-state index in [1.165, 1.54) is 5.20 Å². The molecule has 0 radical (unpaired) electrons. The summed E-state index contributed by atoms with van der Waals surface area (Å²) in [6.07, 6.45) is 0. The molecule has 80 valence electrons. The van der Waals surface area contributed by atoms with Crippen LogP contribution in [0.2, 0.25) is 0 Å². The van der Waals surface area contributed by atoms with Crippen LogP contribution in [0.1, 0.15) is 0 Å². The summed E-state index contributed by atoms with van der Waals surface area (Å²) < 4.78 is 70.8. The Hall–Kier alpha value is -0.0700. The smallest absolute Gasteiger partial charge is 0.247 e. The van der Waals surface area contributed by atoms with Crippen LogP contribution in [0.15, 0.2) is 0 Å². The Labute approximate surface area is 71.7 Å². The van der Waals surface area contributed by atoms with Crippen LogP contribution in [0, 0.1) is 0 Å². The van der Waals surface area contributed by atoms with E-state index in [9.17, 15) is 26.3 Å². The number of nitrogens with zero attached hydrogens (tertiary/aromatic N) is 1. The lowest BCUT2D eigenvalue weighted by molar-refractivity contribution is -0.0875. The summed E-state index contributed by atoms with van der Waals surface area (Å²) in [6, 6.07) is 0. The molecule has 0 saturated carbocycles. The molecule has 0 aromatic rings. The molecule has 0 aromatic heterocycles. The van der Waals surface area contributed by atoms with Crippen molar-refractivity contribution in [1.82, 2.24) is 10.2 Å². The van der Waals surface area contributed by atoms with E-state index in [1.54, 1.807) is 0 Å². The predicted molar refractivity (Wildman–Crippen MR) is 35.9 cm³/mol. The third kappa shape index (κ3) is 4.64. The fourth-order valence-electron chi connectivity index (χ4n) is 0.457. The van der Waals surface area contributed by atoms with Gasteiger partial charge in [0.1, 0.15) is 0 Å². The summed E-state index contributed by atoms with van der Waals surface area (Å²) in [5.41, 5.74) is 0. The van der Waals surface area contributed by atoms with E-state index in [2.05, 4.69) is 0 Å². The summed E-state index contributed by atoms with van der Waals surface area (Å²) in [7, 11) is -2.08. The fourth-order valence-corrected chi connectivity index (χ4v) is 1.37. The average molecular weight is 228 g/mol. The van der Waals surface area contributed by atoms with Crippen molar-refractivity contribution >= 4 is 8.07 Å². The molecule has 0 aromatic carbocycles. The van der Waals surface area contributed by atoms with Gasteiger partial charge in [0.15, 0.2) is 0 Å². The number of hydrazine groups is 1. The highest BCUT2D eigenvalue weighted by Crippen LogP contribution is 2.61. The second-order valence-corrected chi connectivity index (χ2v) is 4.15. The Kier molecular flexibility index (Phi) is 3.96. The SMILES string of the molecule is CN(C)NP(C(F)(F)F)C(F)(F)F. The van der Waals surface area contributed by atoms with Gasteiger partial charge in [-0.25, -0.2) is 10.2 Å². The van der Waals surface area contributed by atoms with E-state index in [4.69, 9.17) is 0 Å². The minimum Gasteiger partial charge on any atom is -0.247 e. The first kappa shape index (κ1) is 12.9. The van der Waals surface area contributed by atoms with E-state index in [1.807, 2.05) is 0 Å². The maximum atomic E-state index is 11.8. The molecule has 0 heterocycles. The van der Waals surface area contributed by atoms with Crippen LogP contribution < -0.4 is 5.20 Å². The van der Waals surface area contributed by atoms with Crippen molar-refractivity contribution in [2.45, 2.75) is 11.8 Å². The lowest BCUT2D eigenvalue weighted by Crippen LogP contribution is -2.35. The van der Waals surface area contributed by atoms with Crippen molar-refractivity contribution in [3.8, 4) is 0 Å². The van der Waals surface area contributed by atoms with E-state index in [0.29, 0.717) is 5.01 Å². The first-order chi connectivity index (χ1) is 5.55. The van der Waals surface area contributed by atoms with Gasteiger partial charge in [-0.3, -0.25) is 0 Å². The Morgan fingerprint density at radius 2 is 1.23 bits per heavy atom. The van der Waals surface area contributed by atoms with Crippen LogP contribution >= 0.6 is 8.07 Å². The lowest BCUT2D eigenvalue weighted by Gasteiger charge is -2.26. The molecule has 0 bridgehead atoms. The average Bonchev–Trinajstić information content (AvgIpc) is 1.77. The molecule has 13 heavy (non-hydrogen) atoms. The van der Waals surface area contributed by atoms with Gasteiger partial charge in [-0.15, -0.1) is 0 Å². The van der Waals surface area contributed by atoms with Crippen LogP contribution in [-0.4, -0.2) is 30.9 Å². The van der Waals surface area contributed by atoms with Gasteiger partial charge < -0.3 is 0 Å². The van der Waals surface area contributed by atoms with Crippen molar-refractivity contribution in [1.29, 1.82) is 0 Å². The third-order valence-corrected chi connectivity index (χ3v) is 2.42. The van der Waals surface area contributed by atoms with E-state index >= 15 is 0 Å². The Bertz CT molecular complexity index is 149. The zero-order chi connectivity index (χ0) is 10.9. The number of nitrogens with one attached hydrogen (secondary N) is 1. The quantitative estimate of drug-likeness (QED) is 0.443. The fraction of sp³-hybridized carbons (Fsp3) is 1.00. The number of halogens is 6. The van der Waals surface area contributed by atoms with Crippen molar-refractivity contribution < 1.29 is 26.3 Å². The van der Waals surface area contributed by atoms with Gasteiger partial charge >= 0.3 is 11.8 Å². The number of rotatable bonds is 2. The first-order valence-electron chi connectivity index (χ1n) is 2.92. The molecule has 0 aliphatic heterocycles. The predicted octanol–water partition coefficient (Wildman–Crippen LogP) is 2.49. The van der Waals surface area contributed by atoms with Gasteiger partial charge in [-0.1, -0.05) is 0 Å². The van der Waals surface area contributed by atoms with Gasteiger partial charge in [0, 0.05) is 14.1 Å². The van der Waals surface area contributed by atoms with Crippen molar-refractivity contribution in [3.63, 3.8) is 0 Å². The molecule has 0 aliphatic rings. The topological polar surface area (TPSA) is 15.3 Å². The van der Waals surface area contributed by atoms with Crippen LogP contribution in [-0.2, 0) is 0 Å². The number of hydrogen-bond acceptors (Lipinski definition) is 2. The largest absolute Gasteiger partial charge is 0.428 e. The highest BCUT2D eigenvalue weighted by Gasteiger charge is 2.57. The molecule has 0 atom stereocenters. The van der Waals surface area contributed by atoms with Crippen molar-refractivity contribution in [2.75, 3.05) is 14.1 Å². The third-order valence-electron chi connectivity index (χ3n) is 0.807. The van der Waals surface area contributed by atoms with Gasteiger partial charge in [0.05, 0.1) is 0 Å². The summed E-state index contributed by atoms with van der Waals surface area (Å²) in [5, 5.41) is 1.94. The number of alkyl halides is 6. The molecular weight excluding hydrogens is 221 g/mol. The molecule has 2 nitrogen and oxygen atoms in total. The standard InChI is InChI=1S/C4H7F6N2P/c1-12(2)11-13(3(5,6)7)4(8,9)10/h11H,1-2H3. The molecule has 0 fully saturated rings. The molecule has 9 heteroatoms. The zero-order valence-corrected chi connectivity index (χ0v) is 7.56. The molecule has 1 N–H and O–H groups in total. The van der Waals surface area contributed by atoms with E-state index < -0.39 is 19.9 Å². The Balaban J connectivity index is 4.58. The minimum atomic E-state index is -5.28. The van der Waals surface area contributed by atoms with Crippen LogP contribution in [0.25, 0.3) is 0 Å². The van der Waals surface area contributed by atoms with Gasteiger partial charge in [0.2, 0.25) is 8.07 Å². The van der Waals surface area contributed by atoms with Crippen LogP contribution in [0.5, 0.6) is 0 Å². The summed E-state index contributed by atoms with van der Waals surface area (Å²) >= 11 is 0. The molecule has 0 rings (SSSR count). The monoisotopic (exact) mass is 228 g/mol. The maximum Gasteiger partial charge on any atom is 0.428 e. The minimum absolute atomic E-state index is 0.632. The van der Waals surface area contributed by atoms with Gasteiger partial charge in [-0.05, 0) is 0 Å². The zero-order valence-electron chi connectivity index (χ0n) is 6.66.